The van der Waals surface area contributed by atoms with Crippen LogP contribution in [-0.2, 0) is 9.59 Å². The molecule has 0 unspecified atom stereocenters. The minimum absolute atomic E-state index is 0.0201. The van der Waals surface area contributed by atoms with E-state index in [1.165, 1.54) is 11.2 Å². The molecule has 0 aliphatic carbocycles. The SMILES string of the molecule is C[C@@]1(O)C[C@H](O)CN(C(=O)CCCC(=O)O)C[C@H]1n1cnc2c(N)nc(N)nc21. The summed E-state index contributed by atoms with van der Waals surface area (Å²) >= 11 is 0. The number of carbonyl (C=O) groups is 2. The van der Waals surface area contributed by atoms with Gasteiger partial charge in [0, 0.05) is 32.4 Å². The monoisotopic (exact) mass is 407 g/mol. The molecular weight excluding hydrogens is 382 g/mol. The van der Waals surface area contributed by atoms with Crippen LogP contribution in [0.25, 0.3) is 11.2 Å². The number of anilines is 2. The van der Waals surface area contributed by atoms with Crippen molar-refractivity contribution in [3.05, 3.63) is 6.33 Å². The van der Waals surface area contributed by atoms with E-state index in [0.29, 0.717) is 11.2 Å². The summed E-state index contributed by atoms with van der Waals surface area (Å²) in [7, 11) is 0. The van der Waals surface area contributed by atoms with Crippen LogP contribution >= 0.6 is 0 Å². The van der Waals surface area contributed by atoms with Crippen LogP contribution in [0.3, 0.4) is 0 Å². The molecule has 2 aromatic heterocycles. The first-order chi connectivity index (χ1) is 13.6. The molecular formula is C17H25N7O5. The van der Waals surface area contributed by atoms with Crippen LogP contribution in [0.15, 0.2) is 6.33 Å². The van der Waals surface area contributed by atoms with Gasteiger partial charge in [0.2, 0.25) is 11.9 Å². The predicted molar refractivity (Wildman–Crippen MR) is 102 cm³/mol. The van der Waals surface area contributed by atoms with Gasteiger partial charge in [-0.2, -0.15) is 9.97 Å². The van der Waals surface area contributed by atoms with Gasteiger partial charge in [0.25, 0.3) is 0 Å². The van der Waals surface area contributed by atoms with E-state index in [9.17, 15) is 19.8 Å². The number of hydrogen-bond acceptors (Lipinski definition) is 9. The number of aliphatic hydroxyl groups excluding tert-OH is 1. The fourth-order valence-corrected chi connectivity index (χ4v) is 3.74. The zero-order valence-corrected chi connectivity index (χ0v) is 16.0. The minimum Gasteiger partial charge on any atom is -0.481 e. The second kappa shape index (κ2) is 7.79. The predicted octanol–water partition coefficient (Wildman–Crippen LogP) is -0.869. The summed E-state index contributed by atoms with van der Waals surface area (Å²) in [5, 5.41) is 30.2. The van der Waals surface area contributed by atoms with Crippen LogP contribution in [0, 0.1) is 0 Å². The molecule has 1 aliphatic rings. The summed E-state index contributed by atoms with van der Waals surface area (Å²) in [4.78, 5) is 37.0. The Morgan fingerprint density at radius 2 is 2.00 bits per heavy atom. The van der Waals surface area contributed by atoms with Crippen LogP contribution in [0.5, 0.6) is 0 Å². The molecule has 0 spiro atoms. The normalized spacial score (nSPS) is 25.1. The molecule has 12 heteroatoms. The van der Waals surface area contributed by atoms with Crippen molar-refractivity contribution < 1.29 is 24.9 Å². The lowest BCUT2D eigenvalue weighted by atomic mass is 9.91. The lowest BCUT2D eigenvalue weighted by Gasteiger charge is -2.34. The Balaban J connectivity index is 1.93. The molecule has 3 atom stereocenters. The van der Waals surface area contributed by atoms with E-state index in [4.69, 9.17) is 16.6 Å². The quantitative estimate of drug-likeness (QED) is 0.416. The number of hydrogen-bond donors (Lipinski definition) is 5. The number of nitrogen functional groups attached to an aromatic ring is 2. The molecule has 0 radical (unpaired) electrons. The molecule has 7 N–H and O–H groups in total. The number of fused-ring (bicyclic) bond motifs is 1. The molecule has 2 aromatic rings. The molecule has 0 saturated carbocycles. The summed E-state index contributed by atoms with van der Waals surface area (Å²) in [6.45, 7) is 1.68. The highest BCUT2D eigenvalue weighted by Crippen LogP contribution is 2.34. The number of aliphatic hydroxyl groups is 2. The molecule has 1 aliphatic heterocycles. The third-order valence-corrected chi connectivity index (χ3v) is 5.13. The molecule has 1 saturated heterocycles. The number of amides is 1. The lowest BCUT2D eigenvalue weighted by Crippen LogP contribution is -2.42. The number of imidazole rings is 1. The Morgan fingerprint density at radius 1 is 1.28 bits per heavy atom. The van der Waals surface area contributed by atoms with Gasteiger partial charge in [0.15, 0.2) is 11.5 Å². The van der Waals surface area contributed by atoms with E-state index < -0.39 is 23.7 Å². The van der Waals surface area contributed by atoms with Gasteiger partial charge in [0.05, 0.1) is 24.1 Å². The first-order valence-corrected chi connectivity index (χ1v) is 9.24. The Kier molecular flexibility index (Phi) is 5.57. The summed E-state index contributed by atoms with van der Waals surface area (Å²) < 4.78 is 1.58. The van der Waals surface area contributed by atoms with Crippen molar-refractivity contribution >= 4 is 34.8 Å². The van der Waals surface area contributed by atoms with Crippen molar-refractivity contribution in [3.8, 4) is 0 Å². The molecule has 1 fully saturated rings. The second-order valence-electron chi connectivity index (χ2n) is 7.57. The summed E-state index contributed by atoms with van der Waals surface area (Å²) in [5.41, 5.74) is 10.8. The summed E-state index contributed by atoms with van der Waals surface area (Å²) in [5.74, 6) is -1.23. The fourth-order valence-electron chi connectivity index (χ4n) is 3.74. The van der Waals surface area contributed by atoms with E-state index >= 15 is 0 Å². The maximum atomic E-state index is 12.6. The van der Waals surface area contributed by atoms with E-state index in [2.05, 4.69) is 15.0 Å². The van der Waals surface area contributed by atoms with Gasteiger partial charge in [-0.3, -0.25) is 9.59 Å². The number of likely N-dealkylation sites (tertiary alicyclic amines) is 1. The number of nitrogens with zero attached hydrogens (tertiary/aromatic N) is 5. The number of β-amino-alcohol motifs (C(OH)–C–C–N with tert-alkyl or cyclic N) is 1. The molecule has 29 heavy (non-hydrogen) atoms. The summed E-state index contributed by atoms with van der Waals surface area (Å²) in [6.07, 6.45) is 0.616. The Hall–Kier alpha value is -2.99. The van der Waals surface area contributed by atoms with Crippen LogP contribution in [0.2, 0.25) is 0 Å². The highest BCUT2D eigenvalue weighted by molar-refractivity contribution is 5.83. The first kappa shape index (κ1) is 20.7. The lowest BCUT2D eigenvalue weighted by molar-refractivity contribution is -0.137. The number of carboxylic acid groups (broad SMARTS) is 1. The smallest absolute Gasteiger partial charge is 0.303 e. The van der Waals surface area contributed by atoms with Crippen molar-refractivity contribution in [3.63, 3.8) is 0 Å². The average Bonchev–Trinajstić information content (AvgIpc) is 2.95. The maximum absolute atomic E-state index is 12.6. The molecule has 0 bridgehead atoms. The third kappa shape index (κ3) is 4.38. The number of aliphatic carboxylic acids is 1. The highest BCUT2D eigenvalue weighted by Gasteiger charge is 2.42. The minimum atomic E-state index is -1.39. The van der Waals surface area contributed by atoms with E-state index in [-0.39, 0.29) is 56.4 Å². The second-order valence-corrected chi connectivity index (χ2v) is 7.57. The van der Waals surface area contributed by atoms with Crippen LogP contribution < -0.4 is 11.5 Å². The number of rotatable bonds is 5. The van der Waals surface area contributed by atoms with Crippen molar-refractivity contribution in [1.82, 2.24) is 24.4 Å². The van der Waals surface area contributed by atoms with Gasteiger partial charge in [-0.15, -0.1) is 0 Å². The average molecular weight is 407 g/mol. The highest BCUT2D eigenvalue weighted by atomic mass is 16.4. The van der Waals surface area contributed by atoms with E-state index in [1.807, 2.05) is 0 Å². The zero-order valence-electron chi connectivity index (χ0n) is 16.0. The largest absolute Gasteiger partial charge is 0.481 e. The Morgan fingerprint density at radius 3 is 2.69 bits per heavy atom. The number of aromatic nitrogens is 4. The van der Waals surface area contributed by atoms with Crippen molar-refractivity contribution in [2.75, 3.05) is 24.6 Å². The number of nitrogens with two attached hydrogens (primary N) is 2. The molecule has 0 aromatic carbocycles. The molecule has 158 valence electrons. The first-order valence-electron chi connectivity index (χ1n) is 9.24. The van der Waals surface area contributed by atoms with E-state index in [1.54, 1.807) is 11.5 Å². The topological polar surface area (TPSA) is 194 Å². The third-order valence-electron chi connectivity index (χ3n) is 5.13. The standard InChI is InChI=1S/C17H25N7O5/c1-17(29)5-9(25)6-23(11(26)3-2-4-12(27)28)7-10(17)24-8-20-13-14(18)21-16(19)22-15(13)24/h8-10,25,29H,2-7H2,1H3,(H,27,28)(H4,18,19,21,22)/t9-,10+,17+/m0/s1. The van der Waals surface area contributed by atoms with Gasteiger partial charge >= 0.3 is 5.97 Å². The van der Waals surface area contributed by atoms with Gasteiger partial charge in [0.1, 0.15) is 5.52 Å². The molecule has 1 amide bonds. The van der Waals surface area contributed by atoms with Gasteiger partial charge in [-0.1, -0.05) is 0 Å². The van der Waals surface area contributed by atoms with Gasteiger partial charge < -0.3 is 36.3 Å². The van der Waals surface area contributed by atoms with E-state index in [0.717, 1.165) is 0 Å². The maximum Gasteiger partial charge on any atom is 0.303 e. The van der Waals surface area contributed by atoms with Gasteiger partial charge in [-0.25, -0.2) is 4.98 Å². The van der Waals surface area contributed by atoms with Gasteiger partial charge in [-0.05, 0) is 13.3 Å². The summed E-state index contributed by atoms with van der Waals surface area (Å²) in [6, 6.07) is -0.693. The Bertz CT molecular complexity index is 928. The van der Waals surface area contributed by atoms with Crippen molar-refractivity contribution in [2.45, 2.75) is 50.4 Å². The van der Waals surface area contributed by atoms with Crippen LogP contribution in [0.4, 0.5) is 11.8 Å². The Labute approximate surface area is 166 Å². The fraction of sp³-hybridized carbons (Fsp3) is 0.588. The zero-order chi connectivity index (χ0) is 21.3. The molecule has 12 nitrogen and oxygen atoms in total. The van der Waals surface area contributed by atoms with Crippen LogP contribution in [0.1, 0.15) is 38.6 Å². The van der Waals surface area contributed by atoms with Crippen molar-refractivity contribution in [2.24, 2.45) is 0 Å². The van der Waals surface area contributed by atoms with Crippen LogP contribution in [-0.4, -0.2) is 76.4 Å². The molecule has 3 heterocycles. The number of carboxylic acids is 1. The molecule has 3 rings (SSSR count). The van der Waals surface area contributed by atoms with Crippen molar-refractivity contribution in [1.29, 1.82) is 0 Å². The number of carbonyl (C=O) groups excluding carboxylic acids is 1.